The zero-order valence-electron chi connectivity index (χ0n) is 15.1. The summed E-state index contributed by atoms with van der Waals surface area (Å²) in [7, 11) is 1.68. The Morgan fingerprint density at radius 1 is 0.962 bits per heavy atom. The summed E-state index contributed by atoms with van der Waals surface area (Å²) in [5.74, 6) is 2.18. The highest BCUT2D eigenvalue weighted by molar-refractivity contribution is 5.52. The van der Waals surface area contributed by atoms with E-state index >= 15 is 0 Å². The van der Waals surface area contributed by atoms with Gasteiger partial charge in [0.2, 0.25) is 0 Å². The summed E-state index contributed by atoms with van der Waals surface area (Å²) in [6.07, 6.45) is 0. The molecule has 1 aliphatic rings. The quantitative estimate of drug-likeness (QED) is 0.687. The lowest BCUT2D eigenvalue weighted by Crippen LogP contribution is -2.25. The van der Waals surface area contributed by atoms with Crippen LogP contribution in [0.15, 0.2) is 66.7 Å². The molecule has 1 heterocycles. The summed E-state index contributed by atoms with van der Waals surface area (Å²) in [5.41, 5.74) is 11.7. The largest absolute Gasteiger partial charge is 0.497 e. The van der Waals surface area contributed by atoms with Gasteiger partial charge in [-0.25, -0.2) is 0 Å². The number of aryl methyl sites for hydroxylation is 1. The van der Waals surface area contributed by atoms with Gasteiger partial charge in [-0.05, 0) is 36.2 Å². The van der Waals surface area contributed by atoms with Crippen LogP contribution in [0.4, 0.5) is 5.69 Å². The molecule has 0 fully saturated rings. The van der Waals surface area contributed by atoms with Crippen molar-refractivity contribution in [1.82, 2.24) is 0 Å². The van der Waals surface area contributed by atoms with Crippen LogP contribution >= 0.6 is 0 Å². The highest BCUT2D eigenvalue weighted by Crippen LogP contribution is 2.47. The fraction of sp³-hybridized carbons (Fsp3) is 0.217. The van der Waals surface area contributed by atoms with Crippen molar-refractivity contribution in [2.24, 2.45) is 0 Å². The van der Waals surface area contributed by atoms with Gasteiger partial charge in [0.15, 0.2) is 0 Å². The number of ether oxygens (including phenoxy) is 2. The molecule has 0 aromatic heterocycles. The third-order valence-corrected chi connectivity index (χ3v) is 5.14. The van der Waals surface area contributed by atoms with Crippen LogP contribution in [0.2, 0.25) is 0 Å². The molecule has 3 aromatic carbocycles. The van der Waals surface area contributed by atoms with Crippen LogP contribution in [0.3, 0.4) is 0 Å². The Morgan fingerprint density at radius 2 is 1.77 bits per heavy atom. The second kappa shape index (κ2) is 6.75. The predicted molar refractivity (Wildman–Crippen MR) is 105 cm³/mol. The molecule has 0 aliphatic carbocycles. The molecule has 2 atom stereocenters. The summed E-state index contributed by atoms with van der Waals surface area (Å²) in [5, 5.41) is 0. The molecule has 1 aliphatic heterocycles. The molecule has 132 valence electrons. The van der Waals surface area contributed by atoms with Crippen LogP contribution in [0.25, 0.3) is 0 Å². The van der Waals surface area contributed by atoms with E-state index in [0.29, 0.717) is 6.61 Å². The van der Waals surface area contributed by atoms with E-state index < -0.39 is 0 Å². The number of methoxy groups -OCH3 is 1. The number of nitrogen functional groups attached to an aromatic ring is 1. The molecule has 0 spiro atoms. The topological polar surface area (TPSA) is 44.5 Å². The second-order valence-corrected chi connectivity index (χ2v) is 6.88. The van der Waals surface area contributed by atoms with Crippen molar-refractivity contribution in [2.45, 2.75) is 18.8 Å². The van der Waals surface area contributed by atoms with Crippen LogP contribution in [0.5, 0.6) is 11.5 Å². The standard InChI is InChI=1S/C23H23NO2/c1-15-4-3-5-17(12-15)21-14-26-22-13-19(25-2)10-11-20(22)23(21)16-6-8-18(24)9-7-16/h3-13,21,23H,14,24H2,1-2H3. The normalized spacial score (nSPS) is 18.7. The highest BCUT2D eigenvalue weighted by Gasteiger charge is 2.33. The summed E-state index contributed by atoms with van der Waals surface area (Å²) in [4.78, 5) is 0. The third-order valence-electron chi connectivity index (χ3n) is 5.14. The third kappa shape index (κ3) is 3.01. The van der Waals surface area contributed by atoms with Crippen molar-refractivity contribution in [3.63, 3.8) is 0 Å². The minimum absolute atomic E-state index is 0.215. The molecule has 26 heavy (non-hydrogen) atoms. The first-order chi connectivity index (χ1) is 12.7. The van der Waals surface area contributed by atoms with Crippen molar-refractivity contribution in [3.05, 3.63) is 89.0 Å². The van der Waals surface area contributed by atoms with Gasteiger partial charge in [-0.2, -0.15) is 0 Å². The number of hydrogen-bond donors (Lipinski definition) is 1. The summed E-state index contributed by atoms with van der Waals surface area (Å²) in [6.45, 7) is 2.77. The molecule has 0 saturated carbocycles. The van der Waals surface area contributed by atoms with Crippen molar-refractivity contribution in [2.75, 3.05) is 19.5 Å². The maximum absolute atomic E-state index is 6.14. The van der Waals surface area contributed by atoms with E-state index in [1.807, 2.05) is 24.3 Å². The van der Waals surface area contributed by atoms with Gasteiger partial charge in [-0.3, -0.25) is 0 Å². The molecule has 2 unspecified atom stereocenters. The maximum atomic E-state index is 6.14. The van der Waals surface area contributed by atoms with E-state index in [2.05, 4.69) is 49.4 Å². The number of anilines is 1. The lowest BCUT2D eigenvalue weighted by atomic mass is 9.75. The number of fused-ring (bicyclic) bond motifs is 1. The van der Waals surface area contributed by atoms with Gasteiger partial charge < -0.3 is 15.2 Å². The molecule has 2 N–H and O–H groups in total. The summed E-state index contributed by atoms with van der Waals surface area (Å²) in [6, 6.07) is 23.0. The van der Waals surface area contributed by atoms with Crippen LogP contribution in [-0.4, -0.2) is 13.7 Å². The minimum atomic E-state index is 0.215. The molecule has 3 heteroatoms. The SMILES string of the molecule is COc1ccc2c(c1)OCC(c1cccc(C)c1)C2c1ccc(N)cc1. The first-order valence-electron chi connectivity index (χ1n) is 8.88. The molecule has 0 radical (unpaired) electrons. The van der Waals surface area contributed by atoms with Gasteiger partial charge in [0.25, 0.3) is 0 Å². The minimum Gasteiger partial charge on any atom is -0.497 e. The molecule has 3 nitrogen and oxygen atoms in total. The maximum Gasteiger partial charge on any atom is 0.126 e. The van der Waals surface area contributed by atoms with Crippen LogP contribution in [0.1, 0.15) is 34.1 Å². The Bertz CT molecular complexity index is 918. The van der Waals surface area contributed by atoms with Gasteiger partial charge in [0.1, 0.15) is 11.5 Å². The van der Waals surface area contributed by atoms with Gasteiger partial charge in [0.05, 0.1) is 13.7 Å². The van der Waals surface area contributed by atoms with E-state index in [4.69, 9.17) is 15.2 Å². The Balaban J connectivity index is 1.85. The van der Waals surface area contributed by atoms with Crippen molar-refractivity contribution in [1.29, 1.82) is 0 Å². The average Bonchev–Trinajstić information content (AvgIpc) is 2.67. The van der Waals surface area contributed by atoms with E-state index in [0.717, 1.165) is 17.2 Å². The Kier molecular flexibility index (Phi) is 4.29. The molecular formula is C23H23NO2. The summed E-state index contributed by atoms with van der Waals surface area (Å²) >= 11 is 0. The first kappa shape index (κ1) is 16.5. The van der Waals surface area contributed by atoms with E-state index in [-0.39, 0.29) is 11.8 Å². The lowest BCUT2D eigenvalue weighted by molar-refractivity contribution is 0.247. The molecule has 4 rings (SSSR count). The second-order valence-electron chi connectivity index (χ2n) is 6.88. The number of rotatable bonds is 3. The van der Waals surface area contributed by atoms with Crippen molar-refractivity contribution >= 4 is 5.69 Å². The number of nitrogens with two attached hydrogens (primary N) is 1. The van der Waals surface area contributed by atoms with E-state index in [1.54, 1.807) is 7.11 Å². The Labute approximate surface area is 154 Å². The molecular weight excluding hydrogens is 322 g/mol. The zero-order valence-corrected chi connectivity index (χ0v) is 15.1. The van der Waals surface area contributed by atoms with Crippen LogP contribution < -0.4 is 15.2 Å². The van der Waals surface area contributed by atoms with Crippen molar-refractivity contribution < 1.29 is 9.47 Å². The Morgan fingerprint density at radius 3 is 2.50 bits per heavy atom. The average molecular weight is 345 g/mol. The van der Waals surface area contributed by atoms with E-state index in [1.165, 1.54) is 22.3 Å². The van der Waals surface area contributed by atoms with Crippen LogP contribution in [0, 0.1) is 6.92 Å². The molecule has 3 aromatic rings. The number of hydrogen-bond acceptors (Lipinski definition) is 3. The lowest BCUT2D eigenvalue weighted by Gasteiger charge is -2.35. The van der Waals surface area contributed by atoms with Gasteiger partial charge in [-0.1, -0.05) is 48.0 Å². The van der Waals surface area contributed by atoms with Crippen LogP contribution in [-0.2, 0) is 0 Å². The molecule has 0 amide bonds. The monoisotopic (exact) mass is 345 g/mol. The van der Waals surface area contributed by atoms with Gasteiger partial charge >= 0.3 is 0 Å². The smallest absolute Gasteiger partial charge is 0.126 e. The number of benzene rings is 3. The predicted octanol–water partition coefficient (Wildman–Crippen LogP) is 4.89. The van der Waals surface area contributed by atoms with Crippen molar-refractivity contribution in [3.8, 4) is 11.5 Å². The van der Waals surface area contributed by atoms with Gasteiger partial charge in [0, 0.05) is 29.2 Å². The Hall–Kier alpha value is -2.94. The first-order valence-corrected chi connectivity index (χ1v) is 8.88. The summed E-state index contributed by atoms with van der Waals surface area (Å²) < 4.78 is 11.5. The van der Waals surface area contributed by atoms with Gasteiger partial charge in [-0.15, -0.1) is 0 Å². The molecule has 0 bridgehead atoms. The fourth-order valence-electron chi connectivity index (χ4n) is 3.82. The highest BCUT2D eigenvalue weighted by atomic mass is 16.5. The fourth-order valence-corrected chi connectivity index (χ4v) is 3.82. The van der Waals surface area contributed by atoms with E-state index in [9.17, 15) is 0 Å². The zero-order chi connectivity index (χ0) is 18.1. The molecule has 0 saturated heterocycles.